The van der Waals surface area contributed by atoms with Crippen LogP contribution in [0.2, 0.25) is 0 Å². The Morgan fingerprint density at radius 1 is 0.875 bits per heavy atom. The summed E-state index contributed by atoms with van der Waals surface area (Å²) in [6.45, 7) is 6.06. The first-order valence-corrected chi connectivity index (χ1v) is 6.78. The summed E-state index contributed by atoms with van der Waals surface area (Å²) < 4.78 is 0. The van der Waals surface area contributed by atoms with Crippen LogP contribution in [0.3, 0.4) is 0 Å². The van der Waals surface area contributed by atoms with Gasteiger partial charge in [-0.2, -0.15) is 0 Å². The summed E-state index contributed by atoms with van der Waals surface area (Å²) in [6.07, 6.45) is 14.7. The Bertz CT molecular complexity index is 105. The van der Waals surface area contributed by atoms with E-state index in [0.29, 0.717) is 0 Å². The summed E-state index contributed by atoms with van der Waals surface area (Å²) in [5.41, 5.74) is 5.42. The van der Waals surface area contributed by atoms with Crippen LogP contribution < -0.4 is 5.73 Å². The van der Waals surface area contributed by atoms with Gasteiger partial charge < -0.3 is 10.8 Å². The molecule has 0 aliphatic rings. The Morgan fingerprint density at radius 3 is 1.50 bits per heavy atom. The largest absolute Gasteiger partial charge is 0.516 e. The van der Waals surface area contributed by atoms with Crippen LogP contribution in [-0.2, 0) is 0 Å². The van der Waals surface area contributed by atoms with Gasteiger partial charge in [0.15, 0.2) is 0 Å². The van der Waals surface area contributed by atoms with Crippen molar-refractivity contribution < 1.29 is 5.11 Å². The number of nitrogens with two attached hydrogens (primary N) is 1. The monoisotopic (exact) mass is 229 g/mol. The average molecular weight is 229 g/mol. The van der Waals surface area contributed by atoms with E-state index >= 15 is 0 Å². The van der Waals surface area contributed by atoms with Crippen molar-refractivity contribution in [2.24, 2.45) is 5.73 Å². The maximum Gasteiger partial charge on any atom is 0.0719 e. The number of hydrogen-bond acceptors (Lipinski definition) is 2. The van der Waals surface area contributed by atoms with Gasteiger partial charge >= 0.3 is 0 Å². The highest BCUT2D eigenvalue weighted by molar-refractivity contribution is 4.47. The predicted octanol–water partition coefficient (Wildman–Crippen LogP) is 4.55. The van der Waals surface area contributed by atoms with Gasteiger partial charge in [-0.05, 0) is 13.0 Å². The van der Waals surface area contributed by atoms with Gasteiger partial charge in [-0.15, -0.1) is 0 Å². The molecule has 0 atom stereocenters. The van der Waals surface area contributed by atoms with Crippen molar-refractivity contribution in [2.45, 2.75) is 71.1 Å². The van der Waals surface area contributed by atoms with Gasteiger partial charge in [-0.25, -0.2) is 0 Å². The Balaban J connectivity index is 0. The molecule has 0 rings (SSSR count). The highest BCUT2D eigenvalue weighted by Crippen LogP contribution is 2.09. The van der Waals surface area contributed by atoms with E-state index in [1.807, 2.05) is 0 Å². The van der Waals surface area contributed by atoms with E-state index in [2.05, 4.69) is 13.5 Å². The molecule has 2 heteroatoms. The van der Waals surface area contributed by atoms with Crippen LogP contribution >= 0.6 is 0 Å². The number of hydrogen-bond donors (Lipinski definition) is 2. The van der Waals surface area contributed by atoms with Crippen molar-refractivity contribution in [3.8, 4) is 0 Å². The Morgan fingerprint density at radius 2 is 1.19 bits per heavy atom. The molecule has 0 aliphatic carbocycles. The summed E-state index contributed by atoms with van der Waals surface area (Å²) >= 11 is 0. The topological polar surface area (TPSA) is 46.2 Å². The van der Waals surface area contributed by atoms with E-state index < -0.39 is 0 Å². The molecule has 0 bridgehead atoms. The lowest BCUT2D eigenvalue weighted by molar-refractivity contribution is 0.476. The van der Waals surface area contributed by atoms with Crippen LogP contribution in [0.5, 0.6) is 0 Å². The summed E-state index contributed by atoms with van der Waals surface area (Å²) in [5, 5.41) is 7.33. The second kappa shape index (κ2) is 20.0. The third-order valence-electron chi connectivity index (χ3n) is 2.56. The van der Waals surface area contributed by atoms with Crippen LogP contribution in [0.1, 0.15) is 71.1 Å². The lowest BCUT2D eigenvalue weighted by Crippen LogP contribution is -1.97. The average Bonchev–Trinajstić information content (AvgIpc) is 2.28. The van der Waals surface area contributed by atoms with Crippen LogP contribution in [-0.4, -0.2) is 11.7 Å². The SMILES string of the molecule is C=CO.CCCCCCCCCCCCN. The molecule has 98 valence electrons. The second-order valence-electron chi connectivity index (χ2n) is 4.15. The smallest absolute Gasteiger partial charge is 0.0719 e. The molecule has 0 heterocycles. The summed E-state index contributed by atoms with van der Waals surface area (Å²) in [6, 6.07) is 0. The maximum absolute atomic E-state index is 7.33. The predicted molar refractivity (Wildman–Crippen MR) is 73.7 cm³/mol. The minimum absolute atomic E-state index is 0.750. The molecule has 0 amide bonds. The van der Waals surface area contributed by atoms with E-state index in [9.17, 15) is 0 Å². The normalized spacial score (nSPS) is 9.38. The molecule has 3 N–H and O–H groups in total. The first kappa shape index (κ1) is 17.9. The van der Waals surface area contributed by atoms with Crippen LogP contribution in [0.15, 0.2) is 12.8 Å². The van der Waals surface area contributed by atoms with Crippen molar-refractivity contribution >= 4 is 0 Å². The van der Waals surface area contributed by atoms with Gasteiger partial charge in [0.25, 0.3) is 0 Å². The molecule has 0 aliphatic heterocycles. The number of aliphatic hydroxyl groups is 1. The second-order valence-corrected chi connectivity index (χ2v) is 4.15. The van der Waals surface area contributed by atoms with E-state index in [4.69, 9.17) is 10.8 Å². The van der Waals surface area contributed by atoms with Gasteiger partial charge in [-0.1, -0.05) is 71.3 Å². The third kappa shape index (κ3) is 23.4. The van der Waals surface area contributed by atoms with Crippen molar-refractivity contribution in [2.75, 3.05) is 6.54 Å². The minimum atomic E-state index is 0.750. The molecule has 0 aromatic carbocycles. The van der Waals surface area contributed by atoms with Crippen LogP contribution in [0.25, 0.3) is 0 Å². The Hall–Kier alpha value is -0.500. The molecule has 0 radical (unpaired) electrons. The standard InChI is InChI=1S/C12H27N.C2H4O/c1-2-3-4-5-6-7-8-9-10-11-12-13;1-2-3/h2-13H2,1H3;2-3H,1H2. The molecule has 0 saturated carbocycles. The molecule has 16 heavy (non-hydrogen) atoms. The number of unbranched alkanes of at least 4 members (excludes halogenated alkanes) is 9. The van der Waals surface area contributed by atoms with Gasteiger partial charge in [0.2, 0.25) is 0 Å². The lowest BCUT2D eigenvalue weighted by Gasteiger charge is -2.00. The number of aliphatic hydroxyl groups excluding tert-OH is 1. The van der Waals surface area contributed by atoms with E-state index in [0.717, 1.165) is 12.8 Å². The zero-order chi connectivity index (χ0) is 12.5. The summed E-state index contributed by atoms with van der Waals surface area (Å²) in [4.78, 5) is 0. The molecular weight excluding hydrogens is 198 g/mol. The summed E-state index contributed by atoms with van der Waals surface area (Å²) in [5.74, 6) is 0. The molecule has 0 unspecified atom stereocenters. The lowest BCUT2D eigenvalue weighted by atomic mass is 10.1. The highest BCUT2D eigenvalue weighted by atomic mass is 16.2. The molecule has 0 saturated heterocycles. The third-order valence-corrected chi connectivity index (χ3v) is 2.56. The highest BCUT2D eigenvalue weighted by Gasteiger charge is 1.91. The van der Waals surface area contributed by atoms with Gasteiger partial charge in [0.1, 0.15) is 0 Å². The van der Waals surface area contributed by atoms with E-state index in [1.54, 1.807) is 0 Å². The quantitative estimate of drug-likeness (QED) is 0.426. The molecule has 0 aromatic heterocycles. The van der Waals surface area contributed by atoms with Crippen LogP contribution in [0, 0.1) is 0 Å². The molecule has 0 spiro atoms. The van der Waals surface area contributed by atoms with Crippen molar-refractivity contribution in [3.05, 3.63) is 12.8 Å². The van der Waals surface area contributed by atoms with Crippen molar-refractivity contribution in [1.82, 2.24) is 0 Å². The fourth-order valence-corrected chi connectivity index (χ4v) is 1.63. The zero-order valence-electron chi connectivity index (χ0n) is 11.1. The Labute approximate surface area is 102 Å². The van der Waals surface area contributed by atoms with Crippen LogP contribution in [0.4, 0.5) is 0 Å². The fraction of sp³-hybridized carbons (Fsp3) is 0.857. The fourth-order valence-electron chi connectivity index (χ4n) is 1.63. The molecule has 0 fully saturated rings. The first-order chi connectivity index (χ1) is 7.83. The minimum Gasteiger partial charge on any atom is -0.516 e. The van der Waals surface area contributed by atoms with Gasteiger partial charge in [-0.3, -0.25) is 0 Å². The molecule has 0 aromatic rings. The number of rotatable bonds is 10. The van der Waals surface area contributed by atoms with Crippen molar-refractivity contribution in [3.63, 3.8) is 0 Å². The summed E-state index contributed by atoms with van der Waals surface area (Å²) in [7, 11) is 0. The van der Waals surface area contributed by atoms with Gasteiger partial charge in [0.05, 0.1) is 6.26 Å². The van der Waals surface area contributed by atoms with E-state index in [1.165, 1.54) is 64.2 Å². The van der Waals surface area contributed by atoms with Crippen molar-refractivity contribution in [1.29, 1.82) is 0 Å². The zero-order valence-corrected chi connectivity index (χ0v) is 11.1. The van der Waals surface area contributed by atoms with E-state index in [-0.39, 0.29) is 0 Å². The Kier molecular flexibility index (Phi) is 22.3. The molecule has 2 nitrogen and oxygen atoms in total. The first-order valence-electron chi connectivity index (χ1n) is 6.78. The maximum atomic E-state index is 7.33. The van der Waals surface area contributed by atoms with Gasteiger partial charge in [0, 0.05) is 0 Å². The molecular formula is C14H31NO.